The molecule has 3 aromatic rings. The van der Waals surface area contributed by atoms with E-state index < -0.39 is 0 Å². The number of hydrogen-bond acceptors (Lipinski definition) is 4. The number of fused-ring (bicyclic) bond motifs is 1. The Kier molecular flexibility index (Phi) is 6.52. The molecule has 0 fully saturated rings. The van der Waals surface area contributed by atoms with Crippen molar-refractivity contribution in [2.75, 3.05) is 17.2 Å². The highest BCUT2D eigenvalue weighted by atomic mass is 35.5. The van der Waals surface area contributed by atoms with Crippen molar-refractivity contribution in [3.8, 4) is 5.75 Å². The number of nitrogens with one attached hydrogen (secondary N) is 2. The Morgan fingerprint density at radius 1 is 0.943 bits per heavy atom. The largest absolute Gasteiger partial charge is 0.490 e. The van der Waals surface area contributed by atoms with Crippen LogP contribution in [0.1, 0.15) is 43.9 Å². The zero-order chi connectivity index (χ0) is 24.6. The van der Waals surface area contributed by atoms with Crippen LogP contribution >= 0.6 is 23.2 Å². The molecule has 0 bridgehead atoms. The molecule has 35 heavy (non-hydrogen) atoms. The summed E-state index contributed by atoms with van der Waals surface area (Å²) in [4.78, 5) is 13.4. The van der Waals surface area contributed by atoms with E-state index in [0.717, 1.165) is 41.1 Å². The van der Waals surface area contributed by atoms with Crippen molar-refractivity contribution in [2.24, 2.45) is 5.41 Å². The number of rotatable bonds is 5. The highest BCUT2D eigenvalue weighted by molar-refractivity contribution is 6.37. The summed E-state index contributed by atoms with van der Waals surface area (Å²) in [7, 11) is 0. The van der Waals surface area contributed by atoms with Gasteiger partial charge in [0.25, 0.3) is 0 Å². The highest BCUT2D eigenvalue weighted by Gasteiger charge is 2.39. The molecular weight excluding hydrogens is 479 g/mol. The van der Waals surface area contributed by atoms with Gasteiger partial charge in [-0.25, -0.2) is 0 Å². The summed E-state index contributed by atoms with van der Waals surface area (Å²) < 4.78 is 5.97. The molecule has 0 saturated carbocycles. The molecule has 6 heteroatoms. The number of carbonyl (C=O) groups excluding carboxylic acids is 1. The molecule has 1 atom stereocenters. The predicted molar refractivity (Wildman–Crippen MR) is 144 cm³/mol. The van der Waals surface area contributed by atoms with Crippen molar-refractivity contribution in [1.29, 1.82) is 0 Å². The Balaban J connectivity index is 1.48. The molecule has 1 heterocycles. The van der Waals surface area contributed by atoms with Crippen LogP contribution < -0.4 is 15.4 Å². The fourth-order valence-corrected chi connectivity index (χ4v) is 5.55. The summed E-state index contributed by atoms with van der Waals surface area (Å²) in [6.45, 7) is 4.72. The third-order valence-corrected chi connectivity index (χ3v) is 7.12. The predicted octanol–water partition coefficient (Wildman–Crippen LogP) is 7.84. The molecule has 3 aromatic carbocycles. The van der Waals surface area contributed by atoms with Gasteiger partial charge in [0.1, 0.15) is 0 Å². The van der Waals surface area contributed by atoms with Crippen molar-refractivity contribution in [2.45, 2.75) is 39.2 Å². The standard InChI is InChI=1S/C29H28Cl2N2O2/c1-29(2)16-24-26(25(34)17-29)27(33-23-11-7-6-10-22(23)32-24)19-14-20(30)28(21(31)15-19)35-13-12-18-8-4-3-5-9-18/h3-11,14-15,27,32-33H,12-13,16-17H2,1-2H3. The topological polar surface area (TPSA) is 50.4 Å². The number of allylic oxidation sites excluding steroid dienone is 1. The molecule has 1 aliphatic heterocycles. The maximum atomic E-state index is 13.4. The maximum absolute atomic E-state index is 13.4. The zero-order valence-corrected chi connectivity index (χ0v) is 21.3. The second-order valence-corrected chi connectivity index (χ2v) is 10.8. The van der Waals surface area contributed by atoms with Gasteiger partial charge in [0.2, 0.25) is 0 Å². The van der Waals surface area contributed by atoms with Gasteiger partial charge in [0.15, 0.2) is 11.5 Å². The minimum atomic E-state index is -0.377. The molecule has 0 spiro atoms. The van der Waals surface area contributed by atoms with Crippen LogP contribution in [0.4, 0.5) is 11.4 Å². The molecular formula is C29H28Cl2N2O2. The molecule has 0 saturated heterocycles. The molecule has 1 aliphatic carbocycles. The van der Waals surface area contributed by atoms with Crippen molar-refractivity contribution in [3.05, 3.63) is 99.2 Å². The number of Topliss-reactive ketones (excluding diaryl/α,β-unsaturated/α-hetero) is 1. The molecule has 0 amide bonds. The first kappa shape index (κ1) is 23.8. The van der Waals surface area contributed by atoms with E-state index in [1.807, 2.05) is 54.6 Å². The second kappa shape index (κ2) is 9.60. The van der Waals surface area contributed by atoms with Crippen molar-refractivity contribution in [3.63, 3.8) is 0 Å². The van der Waals surface area contributed by atoms with Crippen LogP contribution in [0.25, 0.3) is 0 Å². The van der Waals surface area contributed by atoms with Crippen molar-refractivity contribution < 1.29 is 9.53 Å². The van der Waals surface area contributed by atoms with Gasteiger partial charge >= 0.3 is 0 Å². The third kappa shape index (κ3) is 5.05. The van der Waals surface area contributed by atoms with Gasteiger partial charge in [-0.3, -0.25) is 4.79 Å². The maximum Gasteiger partial charge on any atom is 0.163 e. The minimum Gasteiger partial charge on any atom is -0.490 e. The van der Waals surface area contributed by atoms with Crippen LogP contribution in [0.15, 0.2) is 78.0 Å². The van der Waals surface area contributed by atoms with Gasteiger partial charge in [-0.2, -0.15) is 0 Å². The Hall–Kier alpha value is -2.95. The minimum absolute atomic E-state index is 0.113. The van der Waals surface area contributed by atoms with Crippen molar-refractivity contribution >= 4 is 40.4 Å². The second-order valence-electron chi connectivity index (χ2n) is 9.98. The Bertz CT molecular complexity index is 1280. The lowest BCUT2D eigenvalue weighted by Gasteiger charge is -2.34. The summed E-state index contributed by atoms with van der Waals surface area (Å²) in [5, 5.41) is 7.97. The lowest BCUT2D eigenvalue weighted by molar-refractivity contribution is -0.118. The van der Waals surface area contributed by atoms with E-state index in [1.165, 1.54) is 5.56 Å². The van der Waals surface area contributed by atoms with Crippen molar-refractivity contribution in [1.82, 2.24) is 0 Å². The Morgan fingerprint density at radius 3 is 2.31 bits per heavy atom. The lowest BCUT2D eigenvalue weighted by atomic mass is 9.73. The van der Waals surface area contributed by atoms with E-state index in [4.69, 9.17) is 27.9 Å². The van der Waals surface area contributed by atoms with Gasteiger partial charge in [-0.15, -0.1) is 0 Å². The summed E-state index contributed by atoms with van der Waals surface area (Å²) >= 11 is 13.4. The summed E-state index contributed by atoms with van der Waals surface area (Å²) in [6.07, 6.45) is 2.02. The first-order valence-corrected chi connectivity index (χ1v) is 12.6. The molecule has 0 radical (unpaired) electrons. The first-order chi connectivity index (χ1) is 16.8. The summed E-state index contributed by atoms with van der Waals surface area (Å²) in [5.41, 5.74) is 5.46. The molecule has 2 aliphatic rings. The molecule has 2 N–H and O–H groups in total. The van der Waals surface area contributed by atoms with Gasteiger partial charge < -0.3 is 15.4 Å². The van der Waals surface area contributed by atoms with E-state index in [2.05, 4.69) is 36.6 Å². The fraction of sp³-hybridized carbons (Fsp3) is 0.276. The van der Waals surface area contributed by atoms with Crippen LogP contribution in [0.3, 0.4) is 0 Å². The van der Waals surface area contributed by atoms with Crippen LogP contribution in [0.2, 0.25) is 10.0 Å². The summed E-state index contributed by atoms with van der Waals surface area (Å²) in [5.74, 6) is 0.593. The zero-order valence-electron chi connectivity index (χ0n) is 19.8. The van der Waals surface area contributed by atoms with Gasteiger partial charge in [0.05, 0.1) is 34.1 Å². The van der Waals surface area contributed by atoms with E-state index in [1.54, 1.807) is 0 Å². The van der Waals surface area contributed by atoms with Crippen LogP contribution in [0.5, 0.6) is 5.75 Å². The molecule has 1 unspecified atom stereocenters. The molecule has 180 valence electrons. The molecule has 5 rings (SSSR count). The van der Waals surface area contributed by atoms with Gasteiger partial charge in [-0.05, 0) is 47.2 Å². The normalized spacial score (nSPS) is 18.6. The lowest BCUT2D eigenvalue weighted by Crippen LogP contribution is -2.31. The number of hydrogen-bond donors (Lipinski definition) is 2. The molecule has 4 nitrogen and oxygen atoms in total. The first-order valence-electron chi connectivity index (χ1n) is 11.9. The number of anilines is 2. The SMILES string of the molecule is CC1(C)CC(=O)C2=C(C1)Nc1ccccc1NC2c1cc(Cl)c(OCCc2ccccc2)c(Cl)c1. The number of ether oxygens (including phenoxy) is 1. The van der Waals surface area contributed by atoms with E-state index >= 15 is 0 Å². The highest BCUT2D eigenvalue weighted by Crippen LogP contribution is 2.47. The Labute approximate surface area is 216 Å². The van der Waals surface area contributed by atoms with Crippen LogP contribution in [0, 0.1) is 5.41 Å². The number of halogens is 2. The van der Waals surface area contributed by atoms with E-state index in [-0.39, 0.29) is 17.2 Å². The van der Waals surface area contributed by atoms with Gasteiger partial charge in [0, 0.05) is 24.1 Å². The smallest absolute Gasteiger partial charge is 0.163 e. The summed E-state index contributed by atoms with van der Waals surface area (Å²) in [6, 6.07) is 21.5. The number of ketones is 1. The average molecular weight is 507 g/mol. The number of para-hydroxylation sites is 2. The van der Waals surface area contributed by atoms with Crippen LogP contribution in [-0.4, -0.2) is 12.4 Å². The quantitative estimate of drug-likeness (QED) is 0.370. The van der Waals surface area contributed by atoms with E-state index in [0.29, 0.717) is 28.8 Å². The average Bonchev–Trinajstić information content (AvgIpc) is 2.97. The van der Waals surface area contributed by atoms with E-state index in [9.17, 15) is 4.79 Å². The number of carbonyl (C=O) groups is 1. The Morgan fingerprint density at radius 2 is 1.60 bits per heavy atom. The monoisotopic (exact) mass is 506 g/mol. The number of benzene rings is 3. The third-order valence-electron chi connectivity index (χ3n) is 6.56. The van der Waals surface area contributed by atoms with Crippen LogP contribution in [-0.2, 0) is 11.2 Å². The van der Waals surface area contributed by atoms with Gasteiger partial charge in [-0.1, -0.05) is 79.5 Å². The fourth-order valence-electron chi connectivity index (χ4n) is 4.94. The molecule has 0 aromatic heterocycles.